The lowest BCUT2D eigenvalue weighted by Gasteiger charge is -2.44. The third-order valence-electron chi connectivity index (χ3n) is 5.01. The third-order valence-corrected chi connectivity index (χ3v) is 6.98. The first-order valence-electron chi connectivity index (χ1n) is 9.33. The number of aliphatic imine (C=N–C) groups is 1. The molecule has 0 bridgehead atoms. The zero-order valence-corrected chi connectivity index (χ0v) is 17.8. The second-order valence-electron chi connectivity index (χ2n) is 7.06. The third kappa shape index (κ3) is 4.12. The summed E-state index contributed by atoms with van der Waals surface area (Å²) in [4.78, 5) is 26.0. The van der Waals surface area contributed by atoms with Crippen LogP contribution in [0, 0.1) is 17.2 Å². The Labute approximate surface area is 181 Å². The lowest BCUT2D eigenvalue weighted by molar-refractivity contribution is -0.0466. The first-order chi connectivity index (χ1) is 14.5. The van der Waals surface area contributed by atoms with Gasteiger partial charge in [0, 0.05) is 17.1 Å². The molecule has 0 saturated carbocycles. The van der Waals surface area contributed by atoms with E-state index in [1.165, 1.54) is 23.6 Å². The first kappa shape index (κ1) is 20.6. The lowest BCUT2D eigenvalue weighted by atomic mass is 9.80. The number of nitriles is 1. The highest BCUT2D eigenvalue weighted by molar-refractivity contribution is 8.13. The number of thioether (sulfide) groups is 1. The molecule has 9 nitrogen and oxygen atoms in total. The van der Waals surface area contributed by atoms with Crippen molar-refractivity contribution in [1.29, 1.82) is 5.26 Å². The number of pyridine rings is 1. The molecule has 11 heteroatoms. The van der Waals surface area contributed by atoms with Gasteiger partial charge in [0.15, 0.2) is 11.8 Å². The van der Waals surface area contributed by atoms with Crippen molar-refractivity contribution in [1.82, 2.24) is 9.97 Å². The minimum atomic E-state index is -0.604. The Hall–Kier alpha value is -2.68. The van der Waals surface area contributed by atoms with Gasteiger partial charge in [-0.2, -0.15) is 5.26 Å². The van der Waals surface area contributed by atoms with Crippen molar-refractivity contribution < 1.29 is 14.3 Å². The number of nitrogens with zero attached hydrogens (tertiary/aromatic N) is 4. The summed E-state index contributed by atoms with van der Waals surface area (Å²) in [6.45, 7) is 2.41. The van der Waals surface area contributed by atoms with Crippen LogP contribution in [0.2, 0.25) is 0 Å². The summed E-state index contributed by atoms with van der Waals surface area (Å²) in [5.41, 5.74) is 5.65. The molecule has 30 heavy (non-hydrogen) atoms. The van der Waals surface area contributed by atoms with Crippen LogP contribution < -0.4 is 15.8 Å². The number of carbonyl (C=O) groups excluding carboxylic acids is 1. The number of hydrogen-bond donors (Lipinski definition) is 2. The normalized spacial score (nSPS) is 25.5. The van der Waals surface area contributed by atoms with Crippen LogP contribution in [0.5, 0.6) is 5.75 Å². The fourth-order valence-electron chi connectivity index (χ4n) is 3.51. The summed E-state index contributed by atoms with van der Waals surface area (Å²) >= 11 is 3.00. The topological polar surface area (TPSA) is 136 Å². The molecular formula is C19H20N6O3S2. The Balaban J connectivity index is 1.50. The molecule has 0 aliphatic carbocycles. The summed E-state index contributed by atoms with van der Waals surface area (Å²) in [5.74, 6) is 1.62. The van der Waals surface area contributed by atoms with E-state index < -0.39 is 5.54 Å². The summed E-state index contributed by atoms with van der Waals surface area (Å²) in [6.07, 6.45) is 2.46. The number of amides is 1. The Morgan fingerprint density at radius 3 is 3.17 bits per heavy atom. The number of thiazole rings is 1. The van der Waals surface area contributed by atoms with Crippen molar-refractivity contribution in [3.8, 4) is 11.8 Å². The molecule has 1 saturated heterocycles. The van der Waals surface area contributed by atoms with Crippen LogP contribution in [0.1, 0.15) is 28.8 Å². The minimum absolute atomic E-state index is 0.0778. The van der Waals surface area contributed by atoms with Gasteiger partial charge in [-0.15, -0.1) is 11.3 Å². The zero-order chi connectivity index (χ0) is 21.1. The molecule has 4 rings (SSSR count). The minimum Gasteiger partial charge on any atom is -0.477 e. The predicted octanol–water partition coefficient (Wildman–Crippen LogP) is 2.37. The average Bonchev–Trinajstić information content (AvgIpc) is 3.22. The molecule has 4 heterocycles. The van der Waals surface area contributed by atoms with Crippen LogP contribution in [0.15, 0.2) is 28.7 Å². The van der Waals surface area contributed by atoms with Gasteiger partial charge in [-0.3, -0.25) is 4.79 Å². The van der Waals surface area contributed by atoms with E-state index >= 15 is 0 Å². The van der Waals surface area contributed by atoms with E-state index in [1.54, 1.807) is 23.2 Å². The standard InChI is InChI=1S/C19H20N6O3S2/c1-11-6-12-8-30-18(21)25-19(12,10-28-11)17-24-15(9-29-17)23-16(26)14-3-2-13(7-22-14)27-5-4-20/h2-3,7,9,11-12H,5-6,8,10H2,1H3,(H2,21,25)(H,23,26). The fraction of sp³-hybridized carbons (Fsp3) is 0.421. The largest absolute Gasteiger partial charge is 0.477 e. The summed E-state index contributed by atoms with van der Waals surface area (Å²) in [6, 6.07) is 5.00. The van der Waals surface area contributed by atoms with Gasteiger partial charge in [-0.1, -0.05) is 11.8 Å². The molecule has 2 aliphatic heterocycles. The molecule has 2 aromatic rings. The van der Waals surface area contributed by atoms with E-state index in [9.17, 15) is 4.79 Å². The highest BCUT2D eigenvalue weighted by atomic mass is 32.2. The summed E-state index contributed by atoms with van der Waals surface area (Å²) in [5, 5.41) is 14.4. The van der Waals surface area contributed by atoms with Gasteiger partial charge in [0.25, 0.3) is 5.91 Å². The molecule has 1 fully saturated rings. The van der Waals surface area contributed by atoms with E-state index in [4.69, 9.17) is 25.5 Å². The van der Waals surface area contributed by atoms with Gasteiger partial charge in [0.05, 0.1) is 18.9 Å². The Kier molecular flexibility index (Phi) is 5.90. The average molecular weight is 445 g/mol. The number of fused-ring (bicyclic) bond motifs is 1. The van der Waals surface area contributed by atoms with Gasteiger partial charge >= 0.3 is 0 Å². The highest BCUT2D eigenvalue weighted by Gasteiger charge is 2.49. The number of carbonyl (C=O) groups is 1. The quantitative estimate of drug-likeness (QED) is 0.717. The first-order valence-corrected chi connectivity index (χ1v) is 11.2. The molecule has 2 aliphatic rings. The number of rotatable bonds is 5. The van der Waals surface area contributed by atoms with Crippen molar-refractivity contribution in [2.45, 2.75) is 25.0 Å². The Morgan fingerprint density at radius 2 is 2.40 bits per heavy atom. The van der Waals surface area contributed by atoms with E-state index in [1.807, 2.05) is 6.07 Å². The van der Waals surface area contributed by atoms with Gasteiger partial charge in [0.2, 0.25) is 0 Å². The number of ether oxygens (including phenoxy) is 2. The maximum Gasteiger partial charge on any atom is 0.275 e. The van der Waals surface area contributed by atoms with E-state index in [0.717, 1.165) is 17.2 Å². The van der Waals surface area contributed by atoms with Crippen LogP contribution in [0.4, 0.5) is 5.82 Å². The number of hydrogen-bond acceptors (Lipinski definition) is 10. The predicted molar refractivity (Wildman–Crippen MR) is 115 cm³/mol. The van der Waals surface area contributed by atoms with Gasteiger partial charge in [-0.05, 0) is 25.5 Å². The number of anilines is 1. The number of nitrogens with one attached hydrogen (secondary N) is 1. The second-order valence-corrected chi connectivity index (χ2v) is 8.96. The highest BCUT2D eigenvalue weighted by Crippen LogP contribution is 2.47. The van der Waals surface area contributed by atoms with Crippen LogP contribution in [0.3, 0.4) is 0 Å². The van der Waals surface area contributed by atoms with E-state index in [0.29, 0.717) is 23.3 Å². The Morgan fingerprint density at radius 1 is 1.53 bits per heavy atom. The maximum atomic E-state index is 12.5. The number of nitrogens with two attached hydrogens (primary N) is 1. The zero-order valence-electron chi connectivity index (χ0n) is 16.2. The second kappa shape index (κ2) is 8.59. The molecular weight excluding hydrogens is 424 g/mol. The van der Waals surface area contributed by atoms with Crippen LogP contribution in [-0.4, -0.2) is 46.1 Å². The van der Waals surface area contributed by atoms with Crippen molar-refractivity contribution in [3.05, 3.63) is 34.4 Å². The monoisotopic (exact) mass is 444 g/mol. The van der Waals surface area contributed by atoms with E-state index in [2.05, 4.69) is 22.2 Å². The molecule has 3 atom stereocenters. The number of amidine groups is 1. The van der Waals surface area contributed by atoms with Crippen LogP contribution in [0.25, 0.3) is 0 Å². The smallest absolute Gasteiger partial charge is 0.275 e. The molecule has 0 radical (unpaired) electrons. The molecule has 3 N–H and O–H groups in total. The summed E-state index contributed by atoms with van der Waals surface area (Å²) < 4.78 is 11.1. The molecule has 0 spiro atoms. The lowest BCUT2D eigenvalue weighted by Crippen LogP contribution is -2.49. The Bertz CT molecular complexity index is 1000. The van der Waals surface area contributed by atoms with Crippen molar-refractivity contribution in [3.63, 3.8) is 0 Å². The molecule has 3 unspecified atom stereocenters. The molecule has 1 amide bonds. The number of aromatic nitrogens is 2. The molecule has 156 valence electrons. The summed E-state index contributed by atoms with van der Waals surface area (Å²) in [7, 11) is 0. The van der Waals surface area contributed by atoms with Gasteiger partial charge < -0.3 is 20.5 Å². The van der Waals surface area contributed by atoms with Gasteiger partial charge in [-0.25, -0.2) is 15.0 Å². The van der Waals surface area contributed by atoms with Crippen molar-refractivity contribution in [2.75, 3.05) is 24.3 Å². The molecule has 0 aromatic carbocycles. The van der Waals surface area contributed by atoms with Crippen LogP contribution >= 0.6 is 23.1 Å². The van der Waals surface area contributed by atoms with Crippen molar-refractivity contribution >= 4 is 40.0 Å². The molecule has 2 aromatic heterocycles. The van der Waals surface area contributed by atoms with Gasteiger partial charge in [0.1, 0.15) is 33.9 Å². The fourth-order valence-corrected chi connectivity index (χ4v) is 5.48. The van der Waals surface area contributed by atoms with E-state index in [-0.39, 0.29) is 30.2 Å². The van der Waals surface area contributed by atoms with Crippen LogP contribution in [-0.2, 0) is 10.3 Å². The maximum absolute atomic E-state index is 12.5. The SMILES string of the molecule is CC1CC2CSC(N)=NC2(c2nc(NC(=O)c3ccc(OCC#N)cn3)cs2)CO1. The van der Waals surface area contributed by atoms with Crippen molar-refractivity contribution in [2.24, 2.45) is 16.6 Å².